The lowest BCUT2D eigenvalue weighted by molar-refractivity contribution is 0.251. The zero-order valence-electron chi connectivity index (χ0n) is 16.5. The number of carbonyl (C=O) groups is 1. The Labute approximate surface area is 174 Å². The third-order valence-corrected chi connectivity index (χ3v) is 6.62. The lowest BCUT2D eigenvalue weighted by Gasteiger charge is -2.08. The van der Waals surface area contributed by atoms with E-state index in [0.29, 0.717) is 23.7 Å². The number of benzene rings is 2. The fraction of sp³-hybridized carbons (Fsp3) is 0.300. The topological polar surface area (TPSA) is 100 Å². The van der Waals surface area contributed by atoms with Crippen LogP contribution in [0.5, 0.6) is 0 Å². The highest BCUT2D eigenvalue weighted by Crippen LogP contribution is 2.30. The number of hydrogen-bond acceptors (Lipinski definition) is 5. The van der Waals surface area contributed by atoms with Crippen LogP contribution < -0.4 is 15.4 Å². The van der Waals surface area contributed by atoms with Gasteiger partial charge in [-0.25, -0.2) is 18.2 Å². The Morgan fingerprint density at radius 1 is 1.14 bits per heavy atom. The molecule has 0 aliphatic carbocycles. The van der Waals surface area contributed by atoms with Gasteiger partial charge in [0.1, 0.15) is 0 Å². The van der Waals surface area contributed by atoms with E-state index < -0.39 is 10.0 Å². The first-order valence-electron chi connectivity index (χ1n) is 9.28. The standard InChI is InChI=1S/C20H24N4O3S2/c1-13(2)10-11-21-19(25)22-15-6-9-17-18(12-15)28-20(23-17)24-29(26,27)16-7-4-14(3)5-8-16/h4-9,12-13H,10-11H2,1-3H3,(H,23,24)(H2,21,22,25). The van der Waals surface area contributed by atoms with Crippen molar-refractivity contribution in [3.05, 3.63) is 48.0 Å². The molecule has 0 saturated carbocycles. The van der Waals surface area contributed by atoms with Crippen LogP contribution in [0.3, 0.4) is 0 Å². The highest BCUT2D eigenvalue weighted by Gasteiger charge is 2.16. The average Bonchev–Trinajstić information content (AvgIpc) is 3.02. The summed E-state index contributed by atoms with van der Waals surface area (Å²) in [7, 11) is -3.71. The number of nitrogens with zero attached hydrogens (tertiary/aromatic N) is 1. The summed E-state index contributed by atoms with van der Waals surface area (Å²) in [6, 6.07) is 11.6. The molecular formula is C20H24N4O3S2. The highest BCUT2D eigenvalue weighted by molar-refractivity contribution is 7.93. The van der Waals surface area contributed by atoms with Crippen LogP contribution in [-0.2, 0) is 10.0 Å². The normalized spacial score (nSPS) is 11.6. The first-order chi connectivity index (χ1) is 13.7. The Balaban J connectivity index is 1.70. The minimum atomic E-state index is -3.71. The van der Waals surface area contributed by atoms with E-state index in [-0.39, 0.29) is 16.1 Å². The second-order valence-electron chi connectivity index (χ2n) is 7.18. The van der Waals surface area contributed by atoms with Crippen LogP contribution in [-0.4, -0.2) is 26.0 Å². The SMILES string of the molecule is Cc1ccc(S(=O)(=O)Nc2nc3ccc(NC(=O)NCCC(C)C)cc3s2)cc1. The Morgan fingerprint density at radius 3 is 2.55 bits per heavy atom. The van der Waals surface area contributed by atoms with Crippen molar-refractivity contribution in [3.63, 3.8) is 0 Å². The third-order valence-electron chi connectivity index (χ3n) is 4.21. The average molecular weight is 433 g/mol. The molecular weight excluding hydrogens is 408 g/mol. The largest absolute Gasteiger partial charge is 0.338 e. The fourth-order valence-corrected chi connectivity index (χ4v) is 4.73. The summed E-state index contributed by atoms with van der Waals surface area (Å²) in [6.07, 6.45) is 0.909. The summed E-state index contributed by atoms with van der Waals surface area (Å²) in [4.78, 5) is 16.5. The molecule has 0 atom stereocenters. The van der Waals surface area contributed by atoms with Crippen molar-refractivity contribution in [1.29, 1.82) is 0 Å². The molecule has 9 heteroatoms. The van der Waals surface area contributed by atoms with Crippen LogP contribution >= 0.6 is 11.3 Å². The molecule has 29 heavy (non-hydrogen) atoms. The van der Waals surface area contributed by atoms with Crippen LogP contribution in [0.15, 0.2) is 47.4 Å². The molecule has 0 aliphatic rings. The predicted octanol–water partition coefficient (Wildman–Crippen LogP) is 4.57. The molecule has 0 radical (unpaired) electrons. The fourth-order valence-electron chi connectivity index (χ4n) is 2.59. The molecule has 1 aromatic heterocycles. The Bertz CT molecular complexity index is 1110. The van der Waals surface area contributed by atoms with Gasteiger partial charge in [0.25, 0.3) is 10.0 Å². The summed E-state index contributed by atoms with van der Waals surface area (Å²) >= 11 is 1.21. The van der Waals surface area contributed by atoms with Crippen LogP contribution in [0, 0.1) is 12.8 Å². The van der Waals surface area contributed by atoms with Crippen molar-refractivity contribution in [1.82, 2.24) is 10.3 Å². The molecule has 0 spiro atoms. The second kappa shape index (κ2) is 8.79. The van der Waals surface area contributed by atoms with Crippen molar-refractivity contribution in [2.24, 2.45) is 5.92 Å². The maximum Gasteiger partial charge on any atom is 0.319 e. The molecule has 2 amide bonds. The molecule has 0 fully saturated rings. The van der Waals surface area contributed by atoms with Gasteiger partial charge in [-0.3, -0.25) is 4.72 Å². The quantitative estimate of drug-likeness (QED) is 0.509. The highest BCUT2D eigenvalue weighted by atomic mass is 32.2. The number of nitrogens with one attached hydrogen (secondary N) is 3. The number of amides is 2. The maximum atomic E-state index is 12.5. The van der Waals surface area contributed by atoms with Crippen LogP contribution in [0.1, 0.15) is 25.8 Å². The van der Waals surface area contributed by atoms with E-state index in [1.54, 1.807) is 42.5 Å². The number of sulfonamides is 1. The van der Waals surface area contributed by atoms with Crippen molar-refractivity contribution in [2.45, 2.75) is 32.1 Å². The van der Waals surface area contributed by atoms with E-state index in [0.717, 1.165) is 16.7 Å². The Kier molecular flexibility index (Phi) is 6.39. The maximum absolute atomic E-state index is 12.5. The molecule has 0 unspecified atom stereocenters. The number of aromatic nitrogens is 1. The summed E-state index contributed by atoms with van der Waals surface area (Å²) in [5.41, 5.74) is 2.26. The molecule has 1 heterocycles. The minimum absolute atomic E-state index is 0.183. The molecule has 3 rings (SSSR count). The van der Waals surface area contributed by atoms with Gasteiger partial charge in [-0.05, 0) is 49.6 Å². The van der Waals surface area contributed by atoms with E-state index in [1.165, 1.54) is 11.3 Å². The van der Waals surface area contributed by atoms with E-state index >= 15 is 0 Å². The summed E-state index contributed by atoms with van der Waals surface area (Å²) in [5.74, 6) is 0.519. The first-order valence-corrected chi connectivity index (χ1v) is 11.6. The number of urea groups is 1. The lowest BCUT2D eigenvalue weighted by atomic mass is 10.1. The summed E-state index contributed by atoms with van der Waals surface area (Å²) in [6.45, 7) is 6.70. The summed E-state index contributed by atoms with van der Waals surface area (Å²) in [5, 5.41) is 5.88. The Morgan fingerprint density at radius 2 is 1.86 bits per heavy atom. The van der Waals surface area contributed by atoms with E-state index in [1.807, 2.05) is 6.92 Å². The van der Waals surface area contributed by atoms with Gasteiger partial charge in [0, 0.05) is 12.2 Å². The smallest absolute Gasteiger partial charge is 0.319 e. The van der Waals surface area contributed by atoms with Crippen molar-refractivity contribution in [3.8, 4) is 0 Å². The van der Waals surface area contributed by atoms with Gasteiger partial charge >= 0.3 is 6.03 Å². The van der Waals surface area contributed by atoms with E-state index in [9.17, 15) is 13.2 Å². The number of aryl methyl sites for hydroxylation is 1. The zero-order valence-corrected chi connectivity index (χ0v) is 18.2. The van der Waals surface area contributed by atoms with Gasteiger partial charge in [-0.2, -0.15) is 0 Å². The number of rotatable bonds is 7. The van der Waals surface area contributed by atoms with Crippen LogP contribution in [0.2, 0.25) is 0 Å². The van der Waals surface area contributed by atoms with Gasteiger partial charge in [0.05, 0.1) is 15.1 Å². The first kappa shape index (κ1) is 21.1. The van der Waals surface area contributed by atoms with E-state index in [4.69, 9.17) is 0 Å². The number of carbonyl (C=O) groups excluding carboxylic acids is 1. The number of anilines is 2. The number of hydrogen-bond donors (Lipinski definition) is 3. The minimum Gasteiger partial charge on any atom is -0.338 e. The molecule has 0 aliphatic heterocycles. The second-order valence-corrected chi connectivity index (χ2v) is 9.90. The van der Waals surface area contributed by atoms with Gasteiger partial charge < -0.3 is 10.6 Å². The molecule has 0 saturated heterocycles. The van der Waals surface area contributed by atoms with Crippen molar-refractivity contribution >= 4 is 48.4 Å². The van der Waals surface area contributed by atoms with E-state index in [2.05, 4.69) is 34.2 Å². The molecule has 7 nitrogen and oxygen atoms in total. The van der Waals surface area contributed by atoms with Gasteiger partial charge in [0.2, 0.25) is 0 Å². The number of thiazole rings is 1. The summed E-state index contributed by atoms with van der Waals surface area (Å²) < 4.78 is 28.4. The zero-order chi connectivity index (χ0) is 21.0. The molecule has 154 valence electrons. The molecule has 3 N–H and O–H groups in total. The molecule has 0 bridgehead atoms. The van der Waals surface area contributed by atoms with Gasteiger partial charge in [0.15, 0.2) is 5.13 Å². The van der Waals surface area contributed by atoms with Crippen LogP contribution in [0.25, 0.3) is 10.2 Å². The molecule has 3 aromatic rings. The van der Waals surface area contributed by atoms with Gasteiger partial charge in [-0.1, -0.05) is 42.9 Å². The lowest BCUT2D eigenvalue weighted by Crippen LogP contribution is -2.30. The van der Waals surface area contributed by atoms with Crippen molar-refractivity contribution in [2.75, 3.05) is 16.6 Å². The van der Waals surface area contributed by atoms with Crippen LogP contribution in [0.4, 0.5) is 15.6 Å². The Hall–Kier alpha value is -2.65. The van der Waals surface area contributed by atoms with Crippen molar-refractivity contribution < 1.29 is 13.2 Å². The third kappa shape index (κ3) is 5.68. The number of fused-ring (bicyclic) bond motifs is 1. The van der Waals surface area contributed by atoms with Gasteiger partial charge in [-0.15, -0.1) is 0 Å². The predicted molar refractivity (Wildman–Crippen MR) is 118 cm³/mol. The monoisotopic (exact) mass is 432 g/mol. The molecule has 2 aromatic carbocycles.